The first-order chi connectivity index (χ1) is 13.5. The molecule has 0 aliphatic rings. The molecule has 0 fully saturated rings. The zero-order valence-electron chi connectivity index (χ0n) is 15.6. The number of carbonyl (C=O) groups is 2. The van der Waals surface area contributed by atoms with Gasteiger partial charge in [-0.25, -0.2) is 4.79 Å². The zero-order valence-corrected chi connectivity index (χ0v) is 16.3. The van der Waals surface area contributed by atoms with Gasteiger partial charge in [0.05, 0.1) is 40.8 Å². The van der Waals surface area contributed by atoms with E-state index in [-0.39, 0.29) is 12.5 Å². The van der Waals surface area contributed by atoms with Crippen LogP contribution in [0.4, 0.5) is 11.4 Å². The highest BCUT2D eigenvalue weighted by atomic mass is 35.5. The lowest BCUT2D eigenvalue weighted by Crippen LogP contribution is -2.12. The van der Waals surface area contributed by atoms with Gasteiger partial charge in [-0.1, -0.05) is 35.9 Å². The summed E-state index contributed by atoms with van der Waals surface area (Å²) in [5.74, 6) is -0.643. The maximum atomic E-state index is 12.0. The van der Waals surface area contributed by atoms with Gasteiger partial charge in [0.2, 0.25) is 5.91 Å². The average Bonchev–Trinajstić information content (AvgIpc) is 2.68. The largest absolute Gasteiger partial charge is 0.462 e. The van der Waals surface area contributed by atoms with Crippen molar-refractivity contribution in [3.8, 4) is 0 Å². The van der Waals surface area contributed by atoms with E-state index >= 15 is 0 Å². The van der Waals surface area contributed by atoms with Gasteiger partial charge >= 0.3 is 5.97 Å². The number of esters is 1. The van der Waals surface area contributed by atoms with Crippen LogP contribution in [0.2, 0.25) is 5.02 Å². The summed E-state index contributed by atoms with van der Waals surface area (Å²) in [6, 6.07) is 12.6. The molecule has 2 aromatic carbocycles. The van der Waals surface area contributed by atoms with Crippen LogP contribution in [0.3, 0.4) is 0 Å². The Hall–Kier alpha value is -3.12. The number of hydrogen-bond donors (Lipinski definition) is 2. The van der Waals surface area contributed by atoms with Crippen LogP contribution in [0.25, 0.3) is 10.8 Å². The number of pyridine rings is 1. The van der Waals surface area contributed by atoms with Crippen LogP contribution in [-0.2, 0) is 16.1 Å². The van der Waals surface area contributed by atoms with E-state index < -0.39 is 5.97 Å². The highest BCUT2D eigenvalue weighted by molar-refractivity contribution is 6.36. The molecule has 0 radical (unpaired) electrons. The molecule has 0 unspecified atom stereocenters. The smallest absolute Gasteiger partial charge is 0.338 e. The SMILES string of the molecule is CCOC(=O)c1ccc(NC(C)=O)c(NCc2ncc3ccccc3c2Cl)c1. The fourth-order valence-electron chi connectivity index (χ4n) is 2.80. The summed E-state index contributed by atoms with van der Waals surface area (Å²) in [6.45, 7) is 3.77. The van der Waals surface area contributed by atoms with E-state index in [0.717, 1.165) is 10.8 Å². The van der Waals surface area contributed by atoms with E-state index in [1.54, 1.807) is 31.3 Å². The number of fused-ring (bicyclic) bond motifs is 1. The summed E-state index contributed by atoms with van der Waals surface area (Å²) in [4.78, 5) is 28.0. The van der Waals surface area contributed by atoms with Gasteiger partial charge in [-0.3, -0.25) is 9.78 Å². The quantitative estimate of drug-likeness (QED) is 0.592. The average molecular weight is 398 g/mol. The molecule has 1 heterocycles. The molecule has 2 N–H and O–H groups in total. The number of aromatic nitrogens is 1. The van der Waals surface area contributed by atoms with Gasteiger partial charge < -0.3 is 15.4 Å². The van der Waals surface area contributed by atoms with Crippen molar-refractivity contribution in [3.05, 3.63) is 64.9 Å². The van der Waals surface area contributed by atoms with Gasteiger partial charge in [-0.05, 0) is 25.1 Å². The van der Waals surface area contributed by atoms with Crippen molar-refractivity contribution in [1.29, 1.82) is 0 Å². The minimum absolute atomic E-state index is 0.214. The molecule has 28 heavy (non-hydrogen) atoms. The van der Waals surface area contributed by atoms with Crippen LogP contribution in [0.1, 0.15) is 29.9 Å². The zero-order chi connectivity index (χ0) is 20.1. The summed E-state index contributed by atoms with van der Waals surface area (Å²) in [5, 5.41) is 8.39. The number of anilines is 2. The van der Waals surface area contributed by atoms with Crippen molar-refractivity contribution in [2.45, 2.75) is 20.4 Å². The van der Waals surface area contributed by atoms with Crippen LogP contribution in [0, 0.1) is 0 Å². The standard InChI is InChI=1S/C21H20ClN3O3/c1-3-28-21(27)14-8-9-17(25-13(2)26)18(10-14)24-12-19-20(22)16-7-5-4-6-15(16)11-23-19/h4-11,24H,3,12H2,1-2H3,(H,25,26). The van der Waals surface area contributed by atoms with Gasteiger partial charge in [-0.15, -0.1) is 0 Å². The monoisotopic (exact) mass is 397 g/mol. The number of benzene rings is 2. The molecule has 1 aromatic heterocycles. The van der Waals surface area contributed by atoms with Crippen molar-refractivity contribution in [2.75, 3.05) is 17.2 Å². The molecule has 7 heteroatoms. The van der Waals surface area contributed by atoms with Gasteiger partial charge in [0.15, 0.2) is 0 Å². The molecular weight excluding hydrogens is 378 g/mol. The maximum Gasteiger partial charge on any atom is 0.338 e. The molecule has 0 saturated carbocycles. The first-order valence-corrected chi connectivity index (χ1v) is 9.22. The van der Waals surface area contributed by atoms with Crippen molar-refractivity contribution < 1.29 is 14.3 Å². The minimum Gasteiger partial charge on any atom is -0.462 e. The first kappa shape index (κ1) is 19.6. The van der Waals surface area contributed by atoms with E-state index in [9.17, 15) is 9.59 Å². The molecule has 3 rings (SSSR count). The number of rotatable bonds is 6. The Morgan fingerprint density at radius 3 is 2.68 bits per heavy atom. The van der Waals surface area contributed by atoms with Crippen LogP contribution in [0.15, 0.2) is 48.7 Å². The van der Waals surface area contributed by atoms with E-state index in [2.05, 4.69) is 15.6 Å². The Kier molecular flexibility index (Phi) is 6.11. The summed E-state index contributed by atoms with van der Waals surface area (Å²) < 4.78 is 5.05. The number of hydrogen-bond acceptors (Lipinski definition) is 5. The predicted molar refractivity (Wildman–Crippen MR) is 111 cm³/mol. The summed E-state index contributed by atoms with van der Waals surface area (Å²) >= 11 is 6.51. The molecule has 1 amide bonds. The van der Waals surface area contributed by atoms with Crippen molar-refractivity contribution in [1.82, 2.24) is 4.98 Å². The molecule has 6 nitrogen and oxygen atoms in total. The lowest BCUT2D eigenvalue weighted by atomic mass is 10.1. The van der Waals surface area contributed by atoms with Crippen molar-refractivity contribution in [3.63, 3.8) is 0 Å². The van der Waals surface area contributed by atoms with Gasteiger partial charge in [0.1, 0.15) is 0 Å². The first-order valence-electron chi connectivity index (χ1n) is 8.84. The normalized spacial score (nSPS) is 10.5. The second kappa shape index (κ2) is 8.71. The number of halogens is 1. The molecule has 0 bridgehead atoms. The molecule has 0 saturated heterocycles. The number of carbonyl (C=O) groups excluding carboxylic acids is 2. The molecular formula is C21H20ClN3O3. The Morgan fingerprint density at radius 1 is 1.14 bits per heavy atom. The Morgan fingerprint density at radius 2 is 1.93 bits per heavy atom. The predicted octanol–water partition coefficient (Wildman–Crippen LogP) is 4.64. The fourth-order valence-corrected chi connectivity index (χ4v) is 3.09. The van der Waals surface area contributed by atoms with Gasteiger partial charge in [-0.2, -0.15) is 0 Å². The third-order valence-electron chi connectivity index (χ3n) is 4.10. The topological polar surface area (TPSA) is 80.3 Å². The van der Waals surface area contributed by atoms with Crippen LogP contribution in [-0.4, -0.2) is 23.5 Å². The van der Waals surface area contributed by atoms with E-state index in [0.29, 0.717) is 34.2 Å². The van der Waals surface area contributed by atoms with Crippen molar-refractivity contribution in [2.24, 2.45) is 0 Å². The third-order valence-corrected chi connectivity index (χ3v) is 4.52. The molecule has 0 atom stereocenters. The van der Waals surface area contributed by atoms with E-state index in [1.165, 1.54) is 6.92 Å². The molecule has 0 spiro atoms. The maximum absolute atomic E-state index is 12.0. The molecule has 144 valence electrons. The highest BCUT2D eigenvalue weighted by Gasteiger charge is 2.13. The highest BCUT2D eigenvalue weighted by Crippen LogP contribution is 2.28. The minimum atomic E-state index is -0.429. The Labute approximate surface area is 167 Å². The second-order valence-electron chi connectivity index (χ2n) is 6.12. The number of ether oxygens (including phenoxy) is 1. The van der Waals surface area contributed by atoms with Crippen LogP contribution < -0.4 is 10.6 Å². The van der Waals surface area contributed by atoms with Crippen LogP contribution >= 0.6 is 11.6 Å². The van der Waals surface area contributed by atoms with Gasteiger partial charge in [0, 0.05) is 23.9 Å². The lowest BCUT2D eigenvalue weighted by Gasteiger charge is -2.15. The summed E-state index contributed by atoms with van der Waals surface area (Å²) in [5.41, 5.74) is 2.18. The van der Waals surface area contributed by atoms with E-state index in [1.807, 2.05) is 24.3 Å². The number of nitrogens with one attached hydrogen (secondary N) is 2. The Bertz CT molecular complexity index is 1040. The summed E-state index contributed by atoms with van der Waals surface area (Å²) in [7, 11) is 0. The Balaban J connectivity index is 1.89. The summed E-state index contributed by atoms with van der Waals surface area (Å²) in [6.07, 6.45) is 1.77. The van der Waals surface area contributed by atoms with Crippen molar-refractivity contribution >= 4 is 45.6 Å². The third kappa shape index (κ3) is 4.40. The number of amides is 1. The molecule has 3 aromatic rings. The number of nitrogens with zero attached hydrogens (tertiary/aromatic N) is 1. The van der Waals surface area contributed by atoms with E-state index in [4.69, 9.17) is 16.3 Å². The molecule has 0 aliphatic carbocycles. The van der Waals surface area contributed by atoms with Gasteiger partial charge in [0.25, 0.3) is 0 Å². The lowest BCUT2D eigenvalue weighted by molar-refractivity contribution is -0.114. The van der Waals surface area contributed by atoms with Crippen LogP contribution in [0.5, 0.6) is 0 Å². The molecule has 0 aliphatic heterocycles. The fraction of sp³-hybridized carbons (Fsp3) is 0.190. The second-order valence-corrected chi connectivity index (χ2v) is 6.50.